The van der Waals surface area contributed by atoms with E-state index in [1.54, 1.807) is 36.0 Å². The third-order valence-corrected chi connectivity index (χ3v) is 6.13. The zero-order valence-electron chi connectivity index (χ0n) is 17.2. The van der Waals surface area contributed by atoms with E-state index in [1.165, 1.54) is 11.3 Å². The lowest BCUT2D eigenvalue weighted by molar-refractivity contribution is 0.0748. The van der Waals surface area contributed by atoms with Crippen molar-refractivity contribution in [3.05, 3.63) is 27.6 Å². The highest BCUT2D eigenvalue weighted by Gasteiger charge is 2.22. The highest BCUT2D eigenvalue weighted by atomic mass is 32.1. The maximum Gasteiger partial charge on any atom is 0.265 e. The van der Waals surface area contributed by atoms with Crippen molar-refractivity contribution in [1.82, 2.24) is 24.6 Å². The van der Waals surface area contributed by atoms with E-state index in [9.17, 15) is 9.59 Å². The van der Waals surface area contributed by atoms with Crippen molar-refractivity contribution in [2.24, 2.45) is 5.92 Å². The summed E-state index contributed by atoms with van der Waals surface area (Å²) in [6.45, 7) is 7.03. The molecule has 0 aromatic carbocycles. The number of aromatic nitrogens is 4. The van der Waals surface area contributed by atoms with Gasteiger partial charge in [-0.05, 0) is 12.8 Å². The number of ether oxygens (including phenoxy) is 1. The van der Waals surface area contributed by atoms with Crippen LogP contribution in [0, 0.1) is 5.92 Å². The number of aromatic amines is 1. The first kappa shape index (κ1) is 21.0. The minimum Gasteiger partial charge on any atom is -0.383 e. The van der Waals surface area contributed by atoms with Gasteiger partial charge in [-0.25, -0.2) is 4.98 Å². The van der Waals surface area contributed by atoms with E-state index < -0.39 is 0 Å². The number of nitrogens with one attached hydrogen (secondary N) is 1. The molecule has 1 unspecified atom stereocenters. The van der Waals surface area contributed by atoms with Gasteiger partial charge in [-0.15, -0.1) is 11.3 Å². The van der Waals surface area contributed by atoms with Crippen LogP contribution in [0.4, 0.5) is 5.82 Å². The molecular weight excluding hydrogens is 392 g/mol. The highest BCUT2D eigenvalue weighted by Crippen LogP contribution is 2.32. The van der Waals surface area contributed by atoms with Crippen molar-refractivity contribution < 1.29 is 9.53 Å². The van der Waals surface area contributed by atoms with Crippen molar-refractivity contribution in [3.8, 4) is 10.6 Å². The Kier molecular flexibility index (Phi) is 6.04. The number of methoxy groups -OCH3 is 1. The zero-order valence-corrected chi connectivity index (χ0v) is 18.0. The van der Waals surface area contributed by atoms with Crippen LogP contribution in [0.1, 0.15) is 36.5 Å². The quantitative estimate of drug-likeness (QED) is 0.608. The van der Waals surface area contributed by atoms with E-state index in [0.29, 0.717) is 39.5 Å². The van der Waals surface area contributed by atoms with Crippen LogP contribution in [-0.4, -0.2) is 57.9 Å². The summed E-state index contributed by atoms with van der Waals surface area (Å²) in [5.41, 5.74) is 7.00. The fourth-order valence-corrected chi connectivity index (χ4v) is 3.89. The topological polar surface area (TPSA) is 119 Å². The fourth-order valence-electron chi connectivity index (χ4n) is 2.96. The fraction of sp³-hybridized carbons (Fsp3) is 0.474. The van der Waals surface area contributed by atoms with Gasteiger partial charge in [-0.1, -0.05) is 13.8 Å². The molecule has 1 atom stereocenters. The number of carbonyl (C=O) groups excluding carboxylic acids is 1. The molecule has 156 valence electrons. The average Bonchev–Trinajstić information content (AvgIpc) is 3.33. The largest absolute Gasteiger partial charge is 0.383 e. The molecular formula is C19H26N6O3S. The Morgan fingerprint density at radius 1 is 1.41 bits per heavy atom. The Hall–Kier alpha value is -2.72. The second-order valence-electron chi connectivity index (χ2n) is 7.35. The molecule has 9 nitrogen and oxygen atoms in total. The number of thiazole rings is 1. The molecule has 0 aliphatic heterocycles. The zero-order chi connectivity index (χ0) is 21.3. The second-order valence-corrected chi connectivity index (χ2v) is 8.38. The van der Waals surface area contributed by atoms with Gasteiger partial charge in [0, 0.05) is 32.9 Å². The first-order valence-corrected chi connectivity index (χ1v) is 10.2. The number of nitrogens with two attached hydrogens (primary N) is 1. The standard InChI is InChI=1S/C19H26N6O3S/c1-10(2)11(3)25-9-12(15-14(19(25)27)16(20)23-22-15)17-21-8-13(29-17)18(26)24(4)6-7-28-5/h8-11H,6-7H2,1-5H3,(H3,20,22,23). The molecule has 0 radical (unpaired) electrons. The second kappa shape index (κ2) is 8.34. The normalized spacial score (nSPS) is 12.6. The molecule has 3 aromatic heterocycles. The number of amides is 1. The number of anilines is 1. The van der Waals surface area contributed by atoms with Gasteiger partial charge in [0.25, 0.3) is 11.5 Å². The molecule has 3 heterocycles. The lowest BCUT2D eigenvalue weighted by Crippen LogP contribution is -2.29. The van der Waals surface area contributed by atoms with Gasteiger partial charge in [-0.3, -0.25) is 14.7 Å². The maximum atomic E-state index is 13.0. The van der Waals surface area contributed by atoms with Gasteiger partial charge < -0.3 is 19.9 Å². The summed E-state index contributed by atoms with van der Waals surface area (Å²) in [4.78, 5) is 32.1. The molecule has 0 saturated heterocycles. The van der Waals surface area contributed by atoms with Crippen molar-refractivity contribution in [2.75, 3.05) is 33.0 Å². The van der Waals surface area contributed by atoms with Crippen LogP contribution in [0.5, 0.6) is 0 Å². The summed E-state index contributed by atoms with van der Waals surface area (Å²) in [6, 6.07) is -0.0406. The number of nitrogen functional groups attached to an aromatic ring is 1. The summed E-state index contributed by atoms with van der Waals surface area (Å²) in [6.07, 6.45) is 3.33. The first-order valence-electron chi connectivity index (χ1n) is 9.35. The van der Waals surface area contributed by atoms with Crippen LogP contribution in [-0.2, 0) is 4.74 Å². The van der Waals surface area contributed by atoms with Crippen molar-refractivity contribution in [2.45, 2.75) is 26.8 Å². The monoisotopic (exact) mass is 418 g/mol. The number of rotatable bonds is 7. The average molecular weight is 419 g/mol. The van der Waals surface area contributed by atoms with E-state index >= 15 is 0 Å². The molecule has 0 fully saturated rings. The Balaban J connectivity index is 2.09. The van der Waals surface area contributed by atoms with Gasteiger partial charge in [0.1, 0.15) is 15.3 Å². The minimum absolute atomic E-state index is 0.0406. The summed E-state index contributed by atoms with van der Waals surface area (Å²) in [5, 5.41) is 7.83. The Bertz CT molecular complexity index is 1080. The lowest BCUT2D eigenvalue weighted by Gasteiger charge is -2.20. The summed E-state index contributed by atoms with van der Waals surface area (Å²) in [5.74, 6) is 0.271. The molecule has 3 N–H and O–H groups in total. The summed E-state index contributed by atoms with van der Waals surface area (Å²) in [7, 11) is 3.32. The van der Waals surface area contributed by atoms with Crippen LogP contribution in [0.25, 0.3) is 21.5 Å². The summed E-state index contributed by atoms with van der Waals surface area (Å²) < 4.78 is 6.70. The van der Waals surface area contributed by atoms with E-state index in [-0.39, 0.29) is 29.2 Å². The van der Waals surface area contributed by atoms with Crippen molar-refractivity contribution >= 4 is 34.0 Å². The third-order valence-electron chi connectivity index (χ3n) is 5.11. The Morgan fingerprint density at radius 2 is 2.14 bits per heavy atom. The molecule has 0 aliphatic rings. The van der Waals surface area contributed by atoms with Gasteiger partial charge in [0.15, 0.2) is 5.82 Å². The van der Waals surface area contributed by atoms with Crippen molar-refractivity contribution in [1.29, 1.82) is 0 Å². The van der Waals surface area contributed by atoms with Crippen LogP contribution in [0.15, 0.2) is 17.2 Å². The van der Waals surface area contributed by atoms with Gasteiger partial charge in [0.2, 0.25) is 0 Å². The number of nitrogens with zero attached hydrogens (tertiary/aromatic N) is 4. The number of pyridine rings is 1. The molecule has 3 aromatic rings. The maximum absolute atomic E-state index is 13.0. The molecule has 3 rings (SSSR count). The number of carbonyl (C=O) groups is 1. The Morgan fingerprint density at radius 3 is 2.79 bits per heavy atom. The third kappa shape index (κ3) is 3.90. The Labute approximate surface area is 172 Å². The first-order chi connectivity index (χ1) is 13.8. The summed E-state index contributed by atoms with van der Waals surface area (Å²) >= 11 is 1.27. The van der Waals surface area contributed by atoms with E-state index in [1.807, 2.05) is 6.92 Å². The molecule has 0 bridgehead atoms. The molecule has 0 aliphatic carbocycles. The number of hydrogen-bond acceptors (Lipinski definition) is 7. The predicted molar refractivity (Wildman–Crippen MR) is 114 cm³/mol. The molecule has 10 heteroatoms. The molecule has 0 saturated carbocycles. The van der Waals surface area contributed by atoms with E-state index in [0.717, 1.165) is 0 Å². The van der Waals surface area contributed by atoms with E-state index in [4.69, 9.17) is 10.5 Å². The van der Waals surface area contributed by atoms with Crippen LogP contribution >= 0.6 is 11.3 Å². The minimum atomic E-state index is -0.191. The number of H-pyrrole nitrogens is 1. The van der Waals surface area contributed by atoms with Gasteiger partial charge in [-0.2, -0.15) is 5.10 Å². The van der Waals surface area contributed by atoms with Gasteiger partial charge in [0.05, 0.1) is 23.9 Å². The number of hydrogen-bond donors (Lipinski definition) is 2. The van der Waals surface area contributed by atoms with Crippen LogP contribution in [0.2, 0.25) is 0 Å². The number of likely N-dealkylation sites (N-methyl/N-ethyl adjacent to an activating group) is 1. The van der Waals surface area contributed by atoms with Gasteiger partial charge >= 0.3 is 0 Å². The SMILES string of the molecule is COCCN(C)C(=O)c1cnc(-c2cn(C(C)C(C)C)c(=O)c3c(N)n[nH]c23)s1. The molecule has 29 heavy (non-hydrogen) atoms. The molecule has 1 amide bonds. The van der Waals surface area contributed by atoms with Crippen molar-refractivity contribution in [3.63, 3.8) is 0 Å². The van der Waals surface area contributed by atoms with Crippen LogP contribution < -0.4 is 11.3 Å². The van der Waals surface area contributed by atoms with E-state index in [2.05, 4.69) is 29.0 Å². The predicted octanol–water partition coefficient (Wildman–Crippen LogP) is 2.37. The molecule has 0 spiro atoms. The number of fused-ring (bicyclic) bond motifs is 1. The van der Waals surface area contributed by atoms with Crippen LogP contribution in [0.3, 0.4) is 0 Å². The lowest BCUT2D eigenvalue weighted by atomic mass is 10.1. The highest BCUT2D eigenvalue weighted by molar-refractivity contribution is 7.17. The smallest absolute Gasteiger partial charge is 0.265 e.